The van der Waals surface area contributed by atoms with Crippen molar-refractivity contribution in [3.05, 3.63) is 0 Å². The summed E-state index contributed by atoms with van der Waals surface area (Å²) in [5, 5.41) is 8.78. The van der Waals surface area contributed by atoms with Gasteiger partial charge >= 0.3 is 15.5 Å². The number of piperidine rings is 1. The Morgan fingerprint density at radius 3 is 2.19 bits per heavy atom. The van der Waals surface area contributed by atoms with Crippen molar-refractivity contribution in [3.63, 3.8) is 0 Å². The first-order valence-electron chi connectivity index (χ1n) is 8.30. The summed E-state index contributed by atoms with van der Waals surface area (Å²) in [6.45, 7) is 3.99. The number of aliphatic imine (C=N–C) groups is 1. The largest absolute Gasteiger partial charge is 0.511 e. The topological polar surface area (TPSA) is 103 Å². The maximum atomic E-state index is 12.6. The van der Waals surface area contributed by atoms with E-state index in [0.717, 1.165) is 0 Å². The Bertz CT molecular complexity index is 599. The molecule has 1 aliphatic heterocycles. The summed E-state index contributed by atoms with van der Waals surface area (Å²) in [5.41, 5.74) is -5.27. The molecule has 0 aliphatic carbocycles. The van der Waals surface area contributed by atoms with Crippen molar-refractivity contribution >= 4 is 21.9 Å². The summed E-state index contributed by atoms with van der Waals surface area (Å²) in [4.78, 5) is 15.4. The first-order valence-corrected chi connectivity index (χ1v) is 9.74. The highest BCUT2D eigenvalue weighted by atomic mass is 32.2. The van der Waals surface area contributed by atoms with Crippen LogP contribution in [-0.4, -0.2) is 69.4 Å². The van der Waals surface area contributed by atoms with Crippen LogP contribution in [0.3, 0.4) is 0 Å². The molecule has 8 nitrogen and oxygen atoms in total. The number of carbonyl (C=O) groups excluding carboxylic acids is 1. The van der Waals surface area contributed by atoms with Crippen LogP contribution in [0.5, 0.6) is 0 Å². The van der Waals surface area contributed by atoms with Gasteiger partial charge in [0, 0.05) is 45.2 Å². The summed E-state index contributed by atoms with van der Waals surface area (Å²) in [6.07, 6.45) is 0.472. The van der Waals surface area contributed by atoms with Crippen molar-refractivity contribution in [1.29, 1.82) is 0 Å². The van der Waals surface area contributed by atoms with Crippen LogP contribution in [0.1, 0.15) is 26.7 Å². The lowest BCUT2D eigenvalue weighted by Crippen LogP contribution is -2.52. The molecule has 0 atom stereocenters. The SMILES string of the molecule is CN=C(NCCNC(=O)C(C)C)NC1CCN(S(=O)(=O)C(F)(F)F)CC1. The Labute approximate surface area is 151 Å². The number of nitrogens with one attached hydrogen (secondary N) is 3. The third kappa shape index (κ3) is 6.31. The average molecular weight is 401 g/mol. The molecular weight excluding hydrogens is 375 g/mol. The molecule has 1 heterocycles. The van der Waals surface area contributed by atoms with E-state index in [0.29, 0.717) is 23.4 Å². The number of alkyl halides is 3. The summed E-state index contributed by atoms with van der Waals surface area (Å²) in [5.74, 6) is 0.277. The number of hydrogen-bond acceptors (Lipinski definition) is 4. The Hall–Kier alpha value is -1.56. The Balaban J connectivity index is 2.40. The number of halogens is 3. The van der Waals surface area contributed by atoms with Gasteiger partial charge in [-0.3, -0.25) is 9.79 Å². The summed E-state index contributed by atoms with van der Waals surface area (Å²) >= 11 is 0. The van der Waals surface area contributed by atoms with Crippen molar-refractivity contribution in [2.75, 3.05) is 33.2 Å². The van der Waals surface area contributed by atoms with Crippen LogP contribution >= 0.6 is 0 Å². The van der Waals surface area contributed by atoms with E-state index in [-0.39, 0.29) is 43.8 Å². The van der Waals surface area contributed by atoms with Crippen LogP contribution in [0.25, 0.3) is 0 Å². The molecule has 26 heavy (non-hydrogen) atoms. The van der Waals surface area contributed by atoms with E-state index in [9.17, 15) is 26.4 Å². The first kappa shape index (κ1) is 22.5. The van der Waals surface area contributed by atoms with Crippen molar-refractivity contribution in [3.8, 4) is 0 Å². The smallest absolute Gasteiger partial charge is 0.355 e. The van der Waals surface area contributed by atoms with Crippen molar-refractivity contribution in [2.45, 2.75) is 38.2 Å². The van der Waals surface area contributed by atoms with Crippen LogP contribution in [0.15, 0.2) is 4.99 Å². The highest BCUT2D eigenvalue weighted by molar-refractivity contribution is 7.90. The quantitative estimate of drug-likeness (QED) is 0.336. The zero-order valence-electron chi connectivity index (χ0n) is 15.1. The molecule has 0 saturated carbocycles. The first-order chi connectivity index (χ1) is 12.0. The number of carbonyl (C=O) groups is 1. The number of rotatable bonds is 6. The normalized spacial score (nSPS) is 18.0. The van der Waals surface area contributed by atoms with E-state index in [1.807, 2.05) is 0 Å². The molecule has 1 rings (SSSR count). The standard InChI is InChI=1S/C14H26F3N5O3S/c1-10(2)12(23)19-6-7-20-13(18-3)21-11-4-8-22(9-5-11)26(24,25)14(15,16)17/h10-11H,4-9H2,1-3H3,(H,19,23)(H2,18,20,21). The second-order valence-corrected chi connectivity index (χ2v) is 8.14. The fourth-order valence-electron chi connectivity index (χ4n) is 2.35. The van der Waals surface area contributed by atoms with Gasteiger partial charge in [-0.25, -0.2) is 8.42 Å². The van der Waals surface area contributed by atoms with Gasteiger partial charge in [-0.05, 0) is 12.8 Å². The molecule has 1 saturated heterocycles. The van der Waals surface area contributed by atoms with E-state index < -0.39 is 15.5 Å². The molecule has 0 radical (unpaired) electrons. The van der Waals surface area contributed by atoms with Gasteiger partial charge in [0.2, 0.25) is 5.91 Å². The predicted molar refractivity (Wildman–Crippen MR) is 91.9 cm³/mol. The van der Waals surface area contributed by atoms with E-state index in [1.54, 1.807) is 20.9 Å². The average Bonchev–Trinajstić information content (AvgIpc) is 2.56. The Morgan fingerprint density at radius 1 is 1.19 bits per heavy atom. The number of guanidine groups is 1. The second kappa shape index (κ2) is 9.40. The van der Waals surface area contributed by atoms with Crippen LogP contribution < -0.4 is 16.0 Å². The summed E-state index contributed by atoms with van der Waals surface area (Å²) < 4.78 is 60.9. The van der Waals surface area contributed by atoms with Gasteiger partial charge in [0.15, 0.2) is 5.96 Å². The molecule has 0 aromatic heterocycles. The molecule has 0 aromatic carbocycles. The minimum atomic E-state index is -5.27. The molecule has 1 fully saturated rings. The Morgan fingerprint density at radius 2 is 1.73 bits per heavy atom. The lowest BCUT2D eigenvalue weighted by atomic mass is 10.1. The van der Waals surface area contributed by atoms with Gasteiger partial charge in [-0.1, -0.05) is 13.8 Å². The van der Waals surface area contributed by atoms with Crippen LogP contribution in [0.4, 0.5) is 13.2 Å². The van der Waals surface area contributed by atoms with E-state index >= 15 is 0 Å². The van der Waals surface area contributed by atoms with Crippen molar-refractivity contribution < 1.29 is 26.4 Å². The maximum absolute atomic E-state index is 12.6. The minimum absolute atomic E-state index is 0.0620. The molecule has 0 bridgehead atoms. The lowest BCUT2D eigenvalue weighted by molar-refractivity contribution is -0.123. The summed E-state index contributed by atoms with van der Waals surface area (Å²) in [6, 6.07) is -0.189. The van der Waals surface area contributed by atoms with Crippen LogP contribution in [0.2, 0.25) is 0 Å². The fourth-order valence-corrected chi connectivity index (χ4v) is 3.33. The zero-order chi connectivity index (χ0) is 20.0. The predicted octanol–water partition coefficient (Wildman–Crippen LogP) is 0.238. The molecule has 0 aromatic rings. The van der Waals surface area contributed by atoms with E-state index in [1.165, 1.54) is 0 Å². The number of amides is 1. The molecule has 0 spiro atoms. The molecule has 12 heteroatoms. The van der Waals surface area contributed by atoms with E-state index in [4.69, 9.17) is 0 Å². The maximum Gasteiger partial charge on any atom is 0.511 e. The lowest BCUT2D eigenvalue weighted by Gasteiger charge is -2.32. The number of sulfonamides is 1. The van der Waals surface area contributed by atoms with Gasteiger partial charge in [0.1, 0.15) is 0 Å². The minimum Gasteiger partial charge on any atom is -0.355 e. The highest BCUT2D eigenvalue weighted by Crippen LogP contribution is 2.28. The number of hydrogen-bond donors (Lipinski definition) is 3. The molecule has 152 valence electrons. The van der Waals surface area contributed by atoms with E-state index in [2.05, 4.69) is 20.9 Å². The van der Waals surface area contributed by atoms with Crippen molar-refractivity contribution in [1.82, 2.24) is 20.3 Å². The Kier molecular flexibility index (Phi) is 8.13. The summed E-state index contributed by atoms with van der Waals surface area (Å²) in [7, 11) is -3.72. The van der Waals surface area contributed by atoms with Crippen molar-refractivity contribution in [2.24, 2.45) is 10.9 Å². The van der Waals surface area contributed by atoms with Gasteiger partial charge in [-0.2, -0.15) is 17.5 Å². The molecular formula is C14H26F3N5O3S. The van der Waals surface area contributed by atoms with Gasteiger partial charge < -0.3 is 16.0 Å². The third-order valence-corrected chi connectivity index (χ3v) is 5.52. The fraction of sp³-hybridized carbons (Fsp3) is 0.857. The van der Waals surface area contributed by atoms with Crippen LogP contribution in [0, 0.1) is 5.92 Å². The molecule has 1 amide bonds. The highest BCUT2D eigenvalue weighted by Gasteiger charge is 2.50. The molecule has 3 N–H and O–H groups in total. The van der Waals surface area contributed by atoms with Gasteiger partial charge in [0.25, 0.3) is 0 Å². The van der Waals surface area contributed by atoms with Gasteiger partial charge in [0.05, 0.1) is 0 Å². The van der Waals surface area contributed by atoms with Gasteiger partial charge in [-0.15, -0.1) is 0 Å². The number of nitrogens with zero attached hydrogens (tertiary/aromatic N) is 2. The monoisotopic (exact) mass is 401 g/mol. The molecule has 1 aliphatic rings. The van der Waals surface area contributed by atoms with Crippen LogP contribution in [-0.2, 0) is 14.8 Å². The zero-order valence-corrected chi connectivity index (χ0v) is 15.9. The molecule has 0 unspecified atom stereocenters. The third-order valence-electron chi connectivity index (χ3n) is 3.89. The second-order valence-electron chi connectivity index (χ2n) is 6.21.